The van der Waals surface area contributed by atoms with Gasteiger partial charge in [-0.3, -0.25) is 0 Å². The van der Waals surface area contributed by atoms with Gasteiger partial charge in [0.15, 0.2) is 0 Å². The lowest BCUT2D eigenvalue weighted by Crippen LogP contribution is -2.11. The molecule has 1 aliphatic carbocycles. The van der Waals surface area contributed by atoms with Crippen LogP contribution in [-0.2, 0) is 0 Å². The van der Waals surface area contributed by atoms with E-state index >= 15 is 0 Å². The maximum atomic E-state index is 2.47. The van der Waals surface area contributed by atoms with Crippen LogP contribution in [-0.4, -0.2) is 4.57 Å². The van der Waals surface area contributed by atoms with Gasteiger partial charge in [0.25, 0.3) is 0 Å². The third kappa shape index (κ3) is 6.57. The Morgan fingerprint density at radius 1 is 0.359 bits per heavy atom. The van der Waals surface area contributed by atoms with Crippen molar-refractivity contribution in [3.63, 3.8) is 0 Å². The summed E-state index contributed by atoms with van der Waals surface area (Å²) in [4.78, 5) is 2.47. The molecule has 1 aliphatic rings. The first-order chi connectivity index (χ1) is 31.8. The molecule has 0 N–H and O–H groups in total. The molecule has 0 spiro atoms. The monoisotopic (exact) mass is 820 g/mol. The highest BCUT2D eigenvalue weighted by Gasteiger charge is 2.23. The second-order valence-electron chi connectivity index (χ2n) is 17.4. The van der Waals surface area contributed by atoms with Crippen LogP contribution in [0, 0.1) is 0 Å². The summed E-state index contributed by atoms with van der Waals surface area (Å²) in [6, 6.07) is 82.9. The minimum Gasteiger partial charge on any atom is -0.310 e. The Kier molecular flexibility index (Phi) is 9.64. The minimum absolute atomic E-state index is 0.585. The largest absolute Gasteiger partial charge is 0.310 e. The summed E-state index contributed by atoms with van der Waals surface area (Å²) in [5, 5.41) is 7.75. The normalized spacial score (nSPS) is 13.2. The Bertz CT molecular complexity index is 3450. The van der Waals surface area contributed by atoms with Crippen LogP contribution in [0.5, 0.6) is 0 Å². The molecule has 2 heteroatoms. The van der Waals surface area contributed by atoms with Crippen molar-refractivity contribution in [2.75, 3.05) is 4.90 Å². The van der Waals surface area contributed by atoms with Crippen molar-refractivity contribution < 1.29 is 0 Å². The van der Waals surface area contributed by atoms with E-state index in [1.54, 1.807) is 0 Å². The quantitative estimate of drug-likeness (QED) is 0.148. The van der Waals surface area contributed by atoms with E-state index in [-0.39, 0.29) is 0 Å². The number of anilines is 3. The highest BCUT2D eigenvalue weighted by molar-refractivity contribution is 6.16. The molecule has 1 fully saturated rings. The lowest BCUT2D eigenvalue weighted by Gasteiger charge is -2.29. The molecule has 0 bridgehead atoms. The highest BCUT2D eigenvalue weighted by Crippen LogP contribution is 2.47. The van der Waals surface area contributed by atoms with Gasteiger partial charge in [0.2, 0.25) is 0 Å². The van der Waals surface area contributed by atoms with Crippen LogP contribution in [0.15, 0.2) is 224 Å². The molecule has 0 unspecified atom stereocenters. The van der Waals surface area contributed by atoms with Gasteiger partial charge in [0, 0.05) is 33.4 Å². The molecule has 64 heavy (non-hydrogen) atoms. The van der Waals surface area contributed by atoms with E-state index in [0.717, 1.165) is 17.1 Å². The van der Waals surface area contributed by atoms with Gasteiger partial charge in [-0.2, -0.15) is 0 Å². The van der Waals surface area contributed by atoms with Crippen molar-refractivity contribution in [1.82, 2.24) is 4.57 Å². The van der Waals surface area contributed by atoms with Gasteiger partial charge >= 0.3 is 0 Å². The van der Waals surface area contributed by atoms with Gasteiger partial charge in [0.05, 0.1) is 16.7 Å². The van der Waals surface area contributed by atoms with Crippen molar-refractivity contribution in [3.8, 4) is 39.1 Å². The standard InChI is InChI=1S/C62H48N2/c1-3-17-44(18-4-1)53-29-14-21-47-22-15-31-56(61(47)53)55-26-9-11-32-58(55)63(49-39-35-45(36-40-49)52-28-13-20-43-19-7-8-25-51(43)52)50-41-37-46(38-42-50)54-30-16-34-60-62(54)57-27-10-12-33-59(57)64(60)48-23-5-2-6-24-48/h2,5-16,19-42,44H,1,3-4,17-18H2. The third-order valence-electron chi connectivity index (χ3n) is 13.8. The number of rotatable bonds is 8. The van der Waals surface area contributed by atoms with Crippen molar-refractivity contribution in [1.29, 1.82) is 0 Å². The number of nitrogens with zero attached hydrogens (tertiary/aromatic N) is 2. The lowest BCUT2D eigenvalue weighted by atomic mass is 9.80. The highest BCUT2D eigenvalue weighted by atomic mass is 15.1. The van der Waals surface area contributed by atoms with Crippen molar-refractivity contribution in [2.45, 2.75) is 38.0 Å². The van der Waals surface area contributed by atoms with E-state index in [4.69, 9.17) is 0 Å². The van der Waals surface area contributed by atoms with Crippen LogP contribution < -0.4 is 4.90 Å². The summed E-state index contributed by atoms with van der Waals surface area (Å²) < 4.78 is 2.40. The van der Waals surface area contributed by atoms with E-state index in [1.165, 1.54) is 120 Å². The van der Waals surface area contributed by atoms with Gasteiger partial charge in [-0.05, 0) is 128 Å². The average Bonchev–Trinajstić information content (AvgIpc) is 3.72. The summed E-state index contributed by atoms with van der Waals surface area (Å²) in [7, 11) is 0. The average molecular weight is 821 g/mol. The molecule has 12 rings (SSSR count). The maximum absolute atomic E-state index is 2.47. The van der Waals surface area contributed by atoms with E-state index in [2.05, 4.69) is 234 Å². The molecule has 1 aromatic heterocycles. The van der Waals surface area contributed by atoms with Crippen LogP contribution >= 0.6 is 0 Å². The predicted octanol–water partition coefficient (Wildman–Crippen LogP) is 17.6. The fourth-order valence-electron chi connectivity index (χ4n) is 10.8. The smallest absolute Gasteiger partial charge is 0.0547 e. The van der Waals surface area contributed by atoms with Gasteiger partial charge in [-0.1, -0.05) is 189 Å². The predicted molar refractivity (Wildman–Crippen MR) is 273 cm³/mol. The number of hydrogen-bond donors (Lipinski definition) is 0. The SMILES string of the molecule is c1ccc(-n2c3ccccc3c3c(-c4ccc(N(c5ccc(-c6cccc7ccccc67)cc5)c5ccccc5-c5cccc6cccc(C7CCCCC7)c56)cc4)cccc32)cc1. The number of benzene rings is 10. The molecule has 0 atom stereocenters. The van der Waals surface area contributed by atoms with E-state index in [9.17, 15) is 0 Å². The summed E-state index contributed by atoms with van der Waals surface area (Å²) in [6.07, 6.45) is 6.48. The van der Waals surface area contributed by atoms with Crippen molar-refractivity contribution in [3.05, 3.63) is 230 Å². The van der Waals surface area contributed by atoms with Crippen LogP contribution in [0.2, 0.25) is 0 Å². The molecular weight excluding hydrogens is 773 g/mol. The van der Waals surface area contributed by atoms with Gasteiger partial charge in [-0.15, -0.1) is 0 Å². The third-order valence-corrected chi connectivity index (χ3v) is 13.8. The van der Waals surface area contributed by atoms with Gasteiger partial charge in [-0.25, -0.2) is 0 Å². The van der Waals surface area contributed by atoms with Crippen LogP contribution in [0.1, 0.15) is 43.6 Å². The van der Waals surface area contributed by atoms with Gasteiger partial charge in [0.1, 0.15) is 0 Å². The molecule has 0 saturated heterocycles. The molecule has 11 aromatic rings. The zero-order valence-electron chi connectivity index (χ0n) is 35.9. The summed E-state index contributed by atoms with van der Waals surface area (Å²) >= 11 is 0. The zero-order chi connectivity index (χ0) is 42.4. The summed E-state index contributed by atoms with van der Waals surface area (Å²) in [5.74, 6) is 0.585. The molecular formula is C62H48N2. The molecule has 0 amide bonds. The maximum Gasteiger partial charge on any atom is 0.0547 e. The summed E-state index contributed by atoms with van der Waals surface area (Å²) in [6.45, 7) is 0. The number of hydrogen-bond acceptors (Lipinski definition) is 1. The van der Waals surface area contributed by atoms with Crippen LogP contribution in [0.25, 0.3) is 82.4 Å². The molecule has 0 aliphatic heterocycles. The van der Waals surface area contributed by atoms with E-state index in [0.29, 0.717) is 5.92 Å². The second-order valence-corrected chi connectivity index (χ2v) is 17.4. The lowest BCUT2D eigenvalue weighted by molar-refractivity contribution is 0.445. The Hall–Kier alpha value is -7.68. The Morgan fingerprint density at radius 3 is 1.69 bits per heavy atom. The molecule has 10 aromatic carbocycles. The minimum atomic E-state index is 0.585. The first kappa shape index (κ1) is 38.0. The van der Waals surface area contributed by atoms with E-state index in [1.807, 2.05) is 0 Å². The molecule has 306 valence electrons. The van der Waals surface area contributed by atoms with E-state index < -0.39 is 0 Å². The first-order valence-electron chi connectivity index (χ1n) is 23.0. The number of aromatic nitrogens is 1. The Labute approximate surface area is 375 Å². The van der Waals surface area contributed by atoms with Gasteiger partial charge < -0.3 is 9.47 Å². The van der Waals surface area contributed by atoms with Crippen LogP contribution in [0.3, 0.4) is 0 Å². The fourth-order valence-corrected chi connectivity index (χ4v) is 10.8. The van der Waals surface area contributed by atoms with Crippen molar-refractivity contribution in [2.24, 2.45) is 0 Å². The molecule has 1 saturated carbocycles. The first-order valence-corrected chi connectivity index (χ1v) is 23.0. The molecule has 0 radical (unpaired) electrons. The summed E-state index contributed by atoms with van der Waals surface area (Å²) in [5.41, 5.74) is 15.9. The second kappa shape index (κ2) is 16.2. The zero-order valence-corrected chi connectivity index (χ0v) is 35.9. The number of fused-ring (bicyclic) bond motifs is 5. The number of para-hydroxylation sites is 3. The molecule has 2 nitrogen and oxygen atoms in total. The fraction of sp³-hybridized carbons (Fsp3) is 0.0968. The topological polar surface area (TPSA) is 8.17 Å². The Balaban J connectivity index is 1.02. The van der Waals surface area contributed by atoms with Crippen LogP contribution in [0.4, 0.5) is 17.1 Å². The Morgan fingerprint density at radius 2 is 0.906 bits per heavy atom. The molecule has 1 heterocycles. The van der Waals surface area contributed by atoms with Crippen molar-refractivity contribution >= 4 is 60.4 Å².